The van der Waals surface area contributed by atoms with E-state index >= 15 is 0 Å². The number of aliphatic imine (C=N–C) groups is 5. The molecule has 10 nitrogen and oxygen atoms in total. The summed E-state index contributed by atoms with van der Waals surface area (Å²) in [6, 6.07) is 35.5. The fourth-order valence-electron chi connectivity index (χ4n) is 12.5. The van der Waals surface area contributed by atoms with Crippen LogP contribution in [-0.2, 0) is 104 Å². The van der Waals surface area contributed by atoms with E-state index in [0.29, 0.717) is 59.0 Å². The average molecular weight is 2000 g/mol. The van der Waals surface area contributed by atoms with Crippen LogP contribution in [0.15, 0.2) is 116 Å². The number of halogens is 10. The summed E-state index contributed by atoms with van der Waals surface area (Å²) < 4.78 is 0. The Kier molecular flexibility index (Phi) is 56.0. The van der Waals surface area contributed by atoms with Gasteiger partial charge in [0, 0.05) is 67.0 Å². The van der Waals surface area contributed by atoms with E-state index in [9.17, 15) is 25.5 Å². The molecule has 0 amide bonds. The van der Waals surface area contributed by atoms with Crippen molar-refractivity contribution in [2.24, 2.45) is 42.7 Å². The second-order valence-electron chi connectivity index (χ2n) is 27.0. The van der Waals surface area contributed by atoms with Gasteiger partial charge in [-0.3, -0.25) is 25.0 Å². The molecule has 27 heteroatoms. The predicted molar refractivity (Wildman–Crippen MR) is 426 cm³/mol. The van der Waals surface area contributed by atoms with Gasteiger partial charge in [-0.2, -0.15) is 0 Å². The van der Waals surface area contributed by atoms with Gasteiger partial charge in [-0.25, -0.2) is 0 Å². The van der Waals surface area contributed by atoms with Crippen LogP contribution in [0.4, 0.5) is 0 Å². The number of aromatic hydroxyl groups is 5. The van der Waals surface area contributed by atoms with Crippen LogP contribution in [0.3, 0.4) is 0 Å². The van der Waals surface area contributed by atoms with Crippen molar-refractivity contribution in [2.45, 2.75) is 226 Å². The summed E-state index contributed by atoms with van der Waals surface area (Å²) in [5, 5.41) is 49.4. The molecule has 0 aromatic heterocycles. The SMILES string of the molecule is CCC1CC(N=Cc2cccc(C)c2O)C1.CC[Si](CC)(CC)C1CCC1N=Cc1cccc(C)c1O.Cc1cccc(C=NC2CC(C)C2)c1O.Cc1cccc(C=NC2CC(C)C2)c1O.Cc1cccc(C=NC2CCC2[Si](C)(C)C)c1O.[Cl][Zr][Cl].[Cl][Zr][Cl].[Cl][Zr][Cl].[Cl][Zr][Cl].[Cl][Zr][Cl]. The van der Waals surface area contributed by atoms with E-state index < -0.39 is 120 Å². The van der Waals surface area contributed by atoms with Crippen LogP contribution < -0.4 is 0 Å². The minimum atomic E-state index is -1.14. The van der Waals surface area contributed by atoms with Gasteiger partial charge in [-0.1, -0.05) is 146 Å². The zero-order valence-electron chi connectivity index (χ0n) is 60.5. The quantitative estimate of drug-likeness (QED) is 0.0490. The molecule has 550 valence electrons. The van der Waals surface area contributed by atoms with Crippen molar-refractivity contribution in [1.29, 1.82) is 0 Å². The van der Waals surface area contributed by atoms with Crippen molar-refractivity contribution >= 4 is 132 Å². The molecule has 5 N–H and O–H groups in total. The Balaban J connectivity index is 0.000000596. The molecular formula is C73H105Cl10N5O5Si2Zr5. The van der Waals surface area contributed by atoms with Crippen LogP contribution in [0.5, 0.6) is 28.7 Å². The first kappa shape index (κ1) is 99.2. The topological polar surface area (TPSA) is 163 Å². The minimum absolute atomic E-state index is 0.355. The van der Waals surface area contributed by atoms with Crippen LogP contribution in [0.1, 0.15) is 168 Å². The molecule has 5 fully saturated rings. The van der Waals surface area contributed by atoms with Crippen molar-refractivity contribution in [3.8, 4) is 28.7 Å². The van der Waals surface area contributed by atoms with Gasteiger partial charge in [0.05, 0.1) is 38.3 Å². The number of hydrogen-bond acceptors (Lipinski definition) is 10. The summed E-state index contributed by atoms with van der Waals surface area (Å²) in [5.74, 6) is 4.32. The summed E-state index contributed by atoms with van der Waals surface area (Å²) in [7, 11) is 47.1. The molecule has 4 unspecified atom stereocenters. The molecule has 4 atom stereocenters. The van der Waals surface area contributed by atoms with Gasteiger partial charge in [-0.05, 0) is 186 Å². The van der Waals surface area contributed by atoms with E-state index in [1.165, 1.54) is 88.8 Å². The van der Waals surface area contributed by atoms with Crippen LogP contribution in [0, 0.1) is 52.4 Å². The number of rotatable bonds is 16. The zero-order valence-corrected chi connectivity index (χ0v) is 82.3. The fraction of sp³-hybridized carbons (Fsp3) is 0.521. The molecule has 0 saturated heterocycles. The Bertz CT molecular complexity index is 3140. The number of phenols is 5. The number of benzene rings is 5. The molecule has 0 bridgehead atoms. The number of para-hydroxylation sites is 5. The molecule has 5 saturated carbocycles. The van der Waals surface area contributed by atoms with Crippen molar-refractivity contribution in [3.63, 3.8) is 0 Å². The fourth-order valence-corrected chi connectivity index (χ4v) is 19.9. The van der Waals surface area contributed by atoms with E-state index in [4.69, 9.17) is 95.1 Å². The molecule has 5 aliphatic carbocycles. The van der Waals surface area contributed by atoms with Crippen LogP contribution >= 0.6 is 85.1 Å². The number of aryl methyl sites for hydroxylation is 5. The van der Waals surface area contributed by atoms with Crippen molar-refractivity contribution in [2.75, 3.05) is 0 Å². The van der Waals surface area contributed by atoms with Crippen molar-refractivity contribution in [1.82, 2.24) is 0 Å². The van der Waals surface area contributed by atoms with E-state index in [0.717, 1.165) is 84.5 Å². The molecular weight excluding hydrogens is 1890 g/mol. The third-order valence-corrected chi connectivity index (χ3v) is 28.8. The average Bonchev–Trinajstić information content (AvgIpc) is 0.785. The second kappa shape index (κ2) is 56.4. The maximum atomic E-state index is 10.1. The van der Waals surface area contributed by atoms with E-state index in [1.807, 2.05) is 144 Å². The third kappa shape index (κ3) is 36.8. The molecule has 10 rings (SSSR count). The number of nitrogens with zero attached hydrogens (tertiary/aromatic N) is 5. The Labute approximate surface area is 696 Å². The summed E-state index contributed by atoms with van der Waals surface area (Å²) in [6.45, 7) is 30.7. The predicted octanol–water partition coefficient (Wildman–Crippen LogP) is 25.2. The standard InChI is InChI=1S/C18H29NOSi.C15H23NOSi.C14H19NO.2C13H17NO.10ClH.5Zr/c1-5-21(6-2,7-3)17-12-11-16(17)19-13-15-10-8-9-14(4)18(15)20;1-11-6-5-7-12(15(11)17)10-16-13-8-9-14(13)18(2,3)4;1-3-11-7-13(8-11)15-9-12-6-4-5-10(2)14(12)16;2*1-9-6-12(7-9)14-8-11-5-3-4-10(2)13(11)15;;;;;;;;;;;;;;;/h8-10,13,16-17,20H,5-7,11-12H2,1-4H3;5-7,10,13-14,17H,8-9H2,1-4H3;4-6,9,11,13,16H,3,7-8H2,1-2H3;2*3-5,8-9,12,15H,6-7H2,1-2H3;10*1H;;;;;/q;;;;;;;;;;;;;;;5*+2/p-10. The van der Waals surface area contributed by atoms with Crippen LogP contribution in [-0.4, -0.2) is 103 Å². The Hall–Kier alpha value is 1.20. The Morgan fingerprint density at radius 3 is 0.800 bits per heavy atom. The summed E-state index contributed by atoms with van der Waals surface area (Å²) in [6.07, 6.45) is 22.7. The van der Waals surface area contributed by atoms with Gasteiger partial charge in [0.2, 0.25) is 0 Å². The molecule has 5 aromatic rings. The van der Waals surface area contributed by atoms with Gasteiger partial charge >= 0.3 is 189 Å². The molecule has 100 heavy (non-hydrogen) atoms. The van der Waals surface area contributed by atoms with Crippen LogP contribution in [0.25, 0.3) is 0 Å². The Morgan fingerprint density at radius 1 is 0.370 bits per heavy atom. The normalized spacial score (nSPS) is 21.4. The first-order valence-electron chi connectivity index (χ1n) is 34.0. The molecule has 0 aliphatic heterocycles. The van der Waals surface area contributed by atoms with Crippen molar-refractivity contribution < 1.29 is 130 Å². The molecule has 5 aliphatic rings. The van der Waals surface area contributed by atoms with Gasteiger partial charge in [-0.15, -0.1) is 0 Å². The summed E-state index contributed by atoms with van der Waals surface area (Å²) in [4.78, 5) is 23.0. The van der Waals surface area contributed by atoms with Gasteiger partial charge in [0.15, 0.2) is 0 Å². The van der Waals surface area contributed by atoms with Crippen LogP contribution in [0.2, 0.25) is 48.9 Å². The van der Waals surface area contributed by atoms with Crippen molar-refractivity contribution in [3.05, 3.63) is 147 Å². The Morgan fingerprint density at radius 2 is 0.600 bits per heavy atom. The van der Waals surface area contributed by atoms with Gasteiger partial charge in [0.25, 0.3) is 0 Å². The maximum absolute atomic E-state index is 10.1. The van der Waals surface area contributed by atoms with Gasteiger partial charge in [0.1, 0.15) is 28.7 Å². The molecule has 0 heterocycles. The van der Waals surface area contributed by atoms with Gasteiger partial charge < -0.3 is 25.5 Å². The zero-order chi connectivity index (χ0) is 75.5. The molecule has 5 aromatic carbocycles. The van der Waals surface area contributed by atoms with E-state index in [2.05, 4.69) is 76.2 Å². The van der Waals surface area contributed by atoms with E-state index in [1.54, 1.807) is 12.4 Å². The number of hydrogen-bond donors (Lipinski definition) is 5. The summed E-state index contributed by atoms with van der Waals surface area (Å²) in [5.41, 5.74) is 10.4. The first-order valence-corrected chi connectivity index (χ1v) is 71.9. The number of phenolic OH excluding ortho intramolecular Hbond substituents is 5. The third-order valence-electron chi connectivity index (χ3n) is 19.4. The molecule has 0 spiro atoms. The summed E-state index contributed by atoms with van der Waals surface area (Å²) >= 11 is -4.13. The second-order valence-corrected chi connectivity index (χ2v) is 56.7. The monoisotopic (exact) mass is 1990 g/mol. The first-order chi connectivity index (χ1) is 47.6. The van der Waals surface area contributed by atoms with E-state index in [-0.39, 0.29) is 0 Å². The molecule has 0 radical (unpaired) electrons.